The molecule has 0 amide bonds. The fraction of sp³-hybridized carbons (Fsp3) is 0.0769. The number of nitrogens with two attached hydrogens (primary N) is 2. The van der Waals surface area contributed by atoms with Crippen LogP contribution in [0.25, 0.3) is 0 Å². The van der Waals surface area contributed by atoms with Gasteiger partial charge in [0.25, 0.3) is 0 Å². The summed E-state index contributed by atoms with van der Waals surface area (Å²) in [5.41, 5.74) is 7.46. The minimum absolute atomic E-state index is 0.0923. The summed E-state index contributed by atoms with van der Waals surface area (Å²) in [5.74, 6) is -0.425. The molecule has 0 fully saturated rings. The van der Waals surface area contributed by atoms with Gasteiger partial charge >= 0.3 is 0 Å². The quantitative estimate of drug-likeness (QED) is 0.755. The predicted molar refractivity (Wildman–Crippen MR) is 76.6 cm³/mol. The molecule has 0 aliphatic heterocycles. The smallest absolute Gasteiger partial charge is 0.238 e. The van der Waals surface area contributed by atoms with Crippen molar-refractivity contribution in [2.75, 3.05) is 11.1 Å². The monoisotopic (exact) mass is 295 g/mol. The summed E-state index contributed by atoms with van der Waals surface area (Å²) >= 11 is 0. The van der Waals surface area contributed by atoms with Crippen LogP contribution >= 0.6 is 0 Å². The number of nitrogen functional groups attached to an aromatic ring is 1. The Morgan fingerprint density at radius 1 is 1.10 bits per heavy atom. The number of hydrogen-bond acceptors (Lipinski definition) is 4. The summed E-state index contributed by atoms with van der Waals surface area (Å²) in [7, 11) is -3.81. The van der Waals surface area contributed by atoms with Crippen LogP contribution in [0.1, 0.15) is 5.56 Å². The zero-order valence-corrected chi connectivity index (χ0v) is 11.5. The molecule has 20 heavy (non-hydrogen) atoms. The Morgan fingerprint density at radius 2 is 1.80 bits per heavy atom. The maximum absolute atomic E-state index is 13.6. The highest BCUT2D eigenvalue weighted by atomic mass is 32.2. The number of anilines is 3. The Balaban J connectivity index is 2.38. The van der Waals surface area contributed by atoms with Gasteiger partial charge in [0.1, 0.15) is 5.82 Å². The summed E-state index contributed by atoms with van der Waals surface area (Å²) in [6.07, 6.45) is 0. The summed E-state index contributed by atoms with van der Waals surface area (Å²) in [6.45, 7) is 1.83. The van der Waals surface area contributed by atoms with Gasteiger partial charge in [-0.3, -0.25) is 0 Å². The number of aryl methyl sites for hydroxylation is 1. The fourth-order valence-corrected chi connectivity index (χ4v) is 2.26. The minimum Gasteiger partial charge on any atom is -0.397 e. The fourth-order valence-electron chi connectivity index (χ4n) is 1.71. The molecular formula is C13H14FN3O2S. The molecule has 5 N–H and O–H groups in total. The van der Waals surface area contributed by atoms with Crippen molar-refractivity contribution in [2.24, 2.45) is 5.14 Å². The first-order valence-corrected chi connectivity index (χ1v) is 7.27. The molecule has 7 heteroatoms. The highest BCUT2D eigenvalue weighted by Gasteiger charge is 2.11. The van der Waals surface area contributed by atoms with Crippen molar-refractivity contribution in [1.82, 2.24) is 0 Å². The van der Waals surface area contributed by atoms with Crippen LogP contribution in [0, 0.1) is 12.7 Å². The van der Waals surface area contributed by atoms with E-state index in [0.717, 1.165) is 5.56 Å². The highest BCUT2D eigenvalue weighted by Crippen LogP contribution is 2.27. The van der Waals surface area contributed by atoms with Crippen molar-refractivity contribution in [3.8, 4) is 0 Å². The molecule has 0 saturated carbocycles. The summed E-state index contributed by atoms with van der Waals surface area (Å²) in [4.78, 5) is -0.0923. The molecule has 0 heterocycles. The number of sulfonamides is 1. The number of hydrogen-bond donors (Lipinski definition) is 3. The van der Waals surface area contributed by atoms with Crippen LogP contribution in [0.2, 0.25) is 0 Å². The highest BCUT2D eigenvalue weighted by molar-refractivity contribution is 7.89. The summed E-state index contributed by atoms with van der Waals surface area (Å²) in [6, 6.07) is 8.59. The average molecular weight is 295 g/mol. The van der Waals surface area contributed by atoms with Crippen LogP contribution in [-0.2, 0) is 10.0 Å². The molecule has 0 aliphatic rings. The van der Waals surface area contributed by atoms with E-state index in [0.29, 0.717) is 5.69 Å². The van der Waals surface area contributed by atoms with E-state index in [9.17, 15) is 12.8 Å². The second kappa shape index (κ2) is 5.10. The molecule has 0 bridgehead atoms. The van der Waals surface area contributed by atoms with Crippen molar-refractivity contribution in [1.29, 1.82) is 0 Å². The molecule has 0 aromatic heterocycles. The normalized spacial score (nSPS) is 11.3. The van der Waals surface area contributed by atoms with E-state index >= 15 is 0 Å². The third kappa shape index (κ3) is 3.06. The Bertz CT molecular complexity index is 760. The molecule has 2 aromatic carbocycles. The SMILES string of the molecule is Cc1ccc(F)c(Nc2ccc(S(N)(=O)=O)cc2N)c1. The van der Waals surface area contributed by atoms with Gasteiger partial charge in [0.05, 0.1) is 22.0 Å². The zero-order valence-electron chi connectivity index (χ0n) is 10.7. The Kier molecular flexibility index (Phi) is 3.65. The molecule has 2 rings (SSSR count). The number of primary sulfonamides is 1. The summed E-state index contributed by atoms with van der Waals surface area (Å²) in [5, 5.41) is 7.83. The van der Waals surface area contributed by atoms with Crippen LogP contribution in [0.3, 0.4) is 0 Å². The van der Waals surface area contributed by atoms with E-state index in [1.165, 1.54) is 24.3 Å². The zero-order chi connectivity index (χ0) is 14.9. The second-order valence-corrected chi connectivity index (χ2v) is 5.96. The summed E-state index contributed by atoms with van der Waals surface area (Å²) < 4.78 is 36.0. The van der Waals surface area contributed by atoms with Crippen LogP contribution in [0.5, 0.6) is 0 Å². The molecule has 0 aliphatic carbocycles. The molecule has 106 valence electrons. The van der Waals surface area contributed by atoms with E-state index in [-0.39, 0.29) is 16.3 Å². The molecule has 0 unspecified atom stereocenters. The van der Waals surface area contributed by atoms with Crippen molar-refractivity contribution >= 4 is 27.1 Å². The van der Waals surface area contributed by atoms with Crippen molar-refractivity contribution in [3.63, 3.8) is 0 Å². The van der Waals surface area contributed by atoms with Crippen molar-refractivity contribution in [2.45, 2.75) is 11.8 Å². The van der Waals surface area contributed by atoms with Gasteiger partial charge in [-0.15, -0.1) is 0 Å². The average Bonchev–Trinajstić information content (AvgIpc) is 2.35. The van der Waals surface area contributed by atoms with Crippen LogP contribution in [-0.4, -0.2) is 8.42 Å². The Hall–Kier alpha value is -2.12. The van der Waals surface area contributed by atoms with E-state index < -0.39 is 15.8 Å². The first kappa shape index (κ1) is 14.3. The molecule has 5 nitrogen and oxygen atoms in total. The van der Waals surface area contributed by atoms with Gasteiger partial charge in [-0.05, 0) is 42.8 Å². The molecule has 2 aromatic rings. The van der Waals surface area contributed by atoms with Crippen molar-refractivity contribution < 1.29 is 12.8 Å². The number of benzene rings is 2. The third-order valence-electron chi connectivity index (χ3n) is 2.74. The van der Waals surface area contributed by atoms with E-state index in [4.69, 9.17) is 10.9 Å². The van der Waals surface area contributed by atoms with Crippen LogP contribution < -0.4 is 16.2 Å². The Labute approximate surface area is 116 Å². The van der Waals surface area contributed by atoms with Gasteiger partial charge in [0.15, 0.2) is 0 Å². The van der Waals surface area contributed by atoms with E-state index in [1.54, 1.807) is 12.1 Å². The first-order valence-electron chi connectivity index (χ1n) is 5.73. The van der Waals surface area contributed by atoms with Gasteiger partial charge in [-0.2, -0.15) is 0 Å². The first-order chi connectivity index (χ1) is 9.27. The molecule has 0 spiro atoms. The molecule has 0 saturated heterocycles. The lowest BCUT2D eigenvalue weighted by atomic mass is 10.2. The maximum Gasteiger partial charge on any atom is 0.238 e. The van der Waals surface area contributed by atoms with Gasteiger partial charge in [0, 0.05) is 0 Å². The lowest BCUT2D eigenvalue weighted by Crippen LogP contribution is -2.12. The van der Waals surface area contributed by atoms with Crippen molar-refractivity contribution in [3.05, 3.63) is 47.8 Å². The molecule has 0 radical (unpaired) electrons. The minimum atomic E-state index is -3.81. The molecule has 0 atom stereocenters. The number of halogens is 1. The number of nitrogens with one attached hydrogen (secondary N) is 1. The maximum atomic E-state index is 13.6. The third-order valence-corrected chi connectivity index (χ3v) is 3.65. The van der Waals surface area contributed by atoms with Crippen LogP contribution in [0.4, 0.5) is 21.5 Å². The van der Waals surface area contributed by atoms with E-state index in [1.807, 2.05) is 6.92 Å². The lowest BCUT2D eigenvalue weighted by molar-refractivity contribution is 0.598. The lowest BCUT2D eigenvalue weighted by Gasteiger charge is -2.11. The largest absolute Gasteiger partial charge is 0.397 e. The predicted octanol–water partition coefficient (Wildman–Crippen LogP) is 2.11. The van der Waals surface area contributed by atoms with Gasteiger partial charge in [0.2, 0.25) is 10.0 Å². The molecular weight excluding hydrogens is 281 g/mol. The van der Waals surface area contributed by atoms with E-state index in [2.05, 4.69) is 5.32 Å². The number of rotatable bonds is 3. The van der Waals surface area contributed by atoms with Gasteiger partial charge < -0.3 is 11.1 Å². The van der Waals surface area contributed by atoms with Crippen LogP contribution in [0.15, 0.2) is 41.3 Å². The van der Waals surface area contributed by atoms with Gasteiger partial charge in [-0.1, -0.05) is 6.07 Å². The topological polar surface area (TPSA) is 98.2 Å². The second-order valence-electron chi connectivity index (χ2n) is 4.40. The standard InChI is InChI=1S/C13H14FN3O2S/c1-8-2-4-10(14)13(6-8)17-12-5-3-9(7-11(12)15)20(16,18)19/h2-7,17H,15H2,1H3,(H2,16,18,19). The van der Waals surface area contributed by atoms with Gasteiger partial charge in [-0.25, -0.2) is 17.9 Å². The Morgan fingerprint density at radius 3 is 2.40 bits per heavy atom.